The van der Waals surface area contributed by atoms with Gasteiger partial charge >= 0.3 is 0 Å². The van der Waals surface area contributed by atoms with Gasteiger partial charge in [-0.1, -0.05) is 0 Å². The third-order valence-corrected chi connectivity index (χ3v) is 5.15. The van der Waals surface area contributed by atoms with Crippen LogP contribution in [0.2, 0.25) is 0 Å². The van der Waals surface area contributed by atoms with Gasteiger partial charge in [-0.15, -0.1) is 0 Å². The lowest BCUT2D eigenvalue weighted by molar-refractivity contribution is 0.0845. The molecule has 0 bridgehead atoms. The first-order valence-corrected chi connectivity index (χ1v) is 8.87. The van der Waals surface area contributed by atoms with Crippen molar-refractivity contribution in [1.82, 2.24) is 14.5 Å². The highest BCUT2D eigenvalue weighted by molar-refractivity contribution is 5.92. The first-order valence-electron chi connectivity index (χ1n) is 8.87. The maximum Gasteiger partial charge on any atom is 0.263 e. The predicted octanol–water partition coefficient (Wildman–Crippen LogP) is 3.48. The molecule has 7 heteroatoms. The fourth-order valence-electron chi connectivity index (χ4n) is 3.51. The van der Waals surface area contributed by atoms with Gasteiger partial charge in [0.05, 0.1) is 5.39 Å². The van der Waals surface area contributed by atoms with E-state index < -0.39 is 11.6 Å². The number of pyridine rings is 1. The molecular formula is C20H19F2N3O2. The number of aromatic nitrogens is 3. The topological polar surface area (TPSA) is 57.0 Å². The van der Waals surface area contributed by atoms with Crippen LogP contribution in [0.15, 0.2) is 29.1 Å². The third kappa shape index (κ3) is 3.12. The summed E-state index contributed by atoms with van der Waals surface area (Å²) in [5.41, 5.74) is 1.30. The minimum Gasteiger partial charge on any atom is -0.381 e. The van der Waals surface area contributed by atoms with Gasteiger partial charge in [-0.3, -0.25) is 9.36 Å². The first-order chi connectivity index (χ1) is 13.0. The number of hydrogen-bond acceptors (Lipinski definition) is 4. The average molecular weight is 371 g/mol. The largest absolute Gasteiger partial charge is 0.381 e. The number of hydrogen-bond donors (Lipinski definition) is 0. The molecule has 2 aromatic heterocycles. The Kier molecular flexibility index (Phi) is 4.47. The number of nitrogens with zero attached hydrogens (tertiary/aromatic N) is 3. The van der Waals surface area contributed by atoms with E-state index in [-0.39, 0.29) is 22.4 Å². The van der Waals surface area contributed by atoms with Gasteiger partial charge in [-0.05, 0) is 38.0 Å². The molecule has 140 valence electrons. The Morgan fingerprint density at radius 2 is 1.85 bits per heavy atom. The molecule has 1 saturated heterocycles. The van der Waals surface area contributed by atoms with Crippen molar-refractivity contribution in [3.8, 4) is 11.1 Å². The minimum absolute atomic E-state index is 0.150. The van der Waals surface area contributed by atoms with Gasteiger partial charge in [-0.25, -0.2) is 18.7 Å². The molecule has 0 unspecified atom stereocenters. The number of rotatable bonds is 2. The van der Waals surface area contributed by atoms with Crippen LogP contribution in [0.1, 0.15) is 30.3 Å². The highest BCUT2D eigenvalue weighted by atomic mass is 19.1. The zero-order valence-electron chi connectivity index (χ0n) is 15.1. The molecule has 5 nitrogen and oxygen atoms in total. The lowest BCUT2D eigenvalue weighted by Crippen LogP contribution is -2.23. The van der Waals surface area contributed by atoms with Crippen LogP contribution < -0.4 is 5.56 Å². The molecule has 3 heterocycles. The molecule has 0 aliphatic carbocycles. The fraction of sp³-hybridized carbons (Fsp3) is 0.350. The van der Waals surface area contributed by atoms with E-state index in [1.807, 2.05) is 0 Å². The molecule has 0 amide bonds. The Morgan fingerprint density at radius 3 is 2.56 bits per heavy atom. The molecule has 0 atom stereocenters. The summed E-state index contributed by atoms with van der Waals surface area (Å²) in [6.07, 6.45) is 1.60. The van der Waals surface area contributed by atoms with Crippen LogP contribution in [0.25, 0.3) is 22.2 Å². The Bertz CT molecular complexity index is 1090. The monoisotopic (exact) mass is 371 g/mol. The quantitative estimate of drug-likeness (QED) is 0.692. The molecule has 0 N–H and O–H groups in total. The summed E-state index contributed by atoms with van der Waals surface area (Å²) >= 11 is 0. The van der Waals surface area contributed by atoms with Crippen molar-refractivity contribution in [2.75, 3.05) is 13.2 Å². The van der Waals surface area contributed by atoms with E-state index >= 15 is 0 Å². The average Bonchev–Trinajstić information content (AvgIpc) is 2.66. The molecule has 0 radical (unpaired) electrons. The standard InChI is InChI=1S/C20H19F2N3O2/c1-11-23-19-18(20(26)25(11)2)15(14-4-3-13(21)9-16(14)22)10-17(24-19)12-5-7-27-8-6-12/h3-4,9-10,12H,5-8H2,1-2H3. The van der Waals surface area contributed by atoms with Crippen LogP contribution in [-0.4, -0.2) is 27.7 Å². The summed E-state index contributed by atoms with van der Waals surface area (Å²) in [7, 11) is 1.61. The molecule has 1 aliphatic rings. The number of benzene rings is 1. The summed E-state index contributed by atoms with van der Waals surface area (Å²) < 4.78 is 34.8. The maximum atomic E-state index is 14.5. The van der Waals surface area contributed by atoms with E-state index in [2.05, 4.69) is 9.97 Å². The van der Waals surface area contributed by atoms with Gasteiger partial charge in [0.25, 0.3) is 5.56 Å². The summed E-state index contributed by atoms with van der Waals surface area (Å²) in [5, 5.41) is 0.240. The van der Waals surface area contributed by atoms with Crippen molar-refractivity contribution in [2.45, 2.75) is 25.7 Å². The molecule has 1 fully saturated rings. The lowest BCUT2D eigenvalue weighted by atomic mass is 9.92. The Balaban J connectivity index is 2.04. The van der Waals surface area contributed by atoms with E-state index in [0.717, 1.165) is 24.6 Å². The van der Waals surface area contributed by atoms with Crippen LogP contribution in [0.3, 0.4) is 0 Å². The zero-order chi connectivity index (χ0) is 19.1. The number of halogens is 2. The van der Waals surface area contributed by atoms with E-state index in [9.17, 15) is 13.6 Å². The van der Waals surface area contributed by atoms with Crippen LogP contribution >= 0.6 is 0 Å². The molecular weight excluding hydrogens is 352 g/mol. The second kappa shape index (κ2) is 6.81. The molecule has 1 aromatic carbocycles. The van der Waals surface area contributed by atoms with Crippen LogP contribution in [-0.2, 0) is 11.8 Å². The maximum absolute atomic E-state index is 14.5. The van der Waals surface area contributed by atoms with Gasteiger partial charge < -0.3 is 4.74 Å². The van der Waals surface area contributed by atoms with Gasteiger partial charge in [0.15, 0.2) is 5.65 Å². The van der Waals surface area contributed by atoms with E-state index in [0.29, 0.717) is 30.2 Å². The SMILES string of the molecule is Cc1nc2nc(C3CCOCC3)cc(-c3ccc(F)cc3F)c2c(=O)n1C. The van der Waals surface area contributed by atoms with Gasteiger partial charge in [0.2, 0.25) is 0 Å². The normalized spacial score (nSPS) is 15.4. The summed E-state index contributed by atoms with van der Waals surface area (Å²) in [6, 6.07) is 5.10. The Hall–Kier alpha value is -2.67. The van der Waals surface area contributed by atoms with Crippen molar-refractivity contribution in [1.29, 1.82) is 0 Å². The Labute approximate surface area is 154 Å². The van der Waals surface area contributed by atoms with Crippen LogP contribution in [0.4, 0.5) is 8.78 Å². The highest BCUT2D eigenvalue weighted by Gasteiger charge is 2.22. The fourth-order valence-corrected chi connectivity index (χ4v) is 3.51. The summed E-state index contributed by atoms with van der Waals surface area (Å²) in [5.74, 6) is -0.713. The molecule has 0 saturated carbocycles. The van der Waals surface area contributed by atoms with Crippen molar-refractivity contribution < 1.29 is 13.5 Å². The number of aryl methyl sites for hydroxylation is 1. The number of ether oxygens (including phenoxy) is 1. The van der Waals surface area contributed by atoms with Crippen molar-refractivity contribution in [3.63, 3.8) is 0 Å². The highest BCUT2D eigenvalue weighted by Crippen LogP contribution is 2.33. The van der Waals surface area contributed by atoms with Crippen LogP contribution in [0, 0.1) is 18.6 Å². The molecule has 1 aliphatic heterocycles. The second-order valence-corrected chi connectivity index (χ2v) is 6.83. The first kappa shape index (κ1) is 17.7. The predicted molar refractivity (Wildman–Crippen MR) is 97.7 cm³/mol. The molecule has 4 rings (SSSR count). The smallest absolute Gasteiger partial charge is 0.263 e. The van der Waals surface area contributed by atoms with Gasteiger partial charge in [0, 0.05) is 49.1 Å². The van der Waals surface area contributed by atoms with Crippen molar-refractivity contribution in [3.05, 3.63) is 57.8 Å². The van der Waals surface area contributed by atoms with E-state index in [1.165, 1.54) is 16.7 Å². The van der Waals surface area contributed by atoms with Gasteiger partial charge in [-0.2, -0.15) is 0 Å². The Morgan fingerprint density at radius 1 is 1.11 bits per heavy atom. The molecule has 0 spiro atoms. The van der Waals surface area contributed by atoms with Crippen molar-refractivity contribution >= 4 is 11.0 Å². The summed E-state index contributed by atoms with van der Waals surface area (Å²) in [6.45, 7) is 2.99. The van der Waals surface area contributed by atoms with Gasteiger partial charge in [0.1, 0.15) is 17.5 Å². The molecule has 27 heavy (non-hydrogen) atoms. The number of fused-ring (bicyclic) bond motifs is 1. The van der Waals surface area contributed by atoms with Crippen molar-refractivity contribution in [2.24, 2.45) is 7.05 Å². The summed E-state index contributed by atoms with van der Waals surface area (Å²) in [4.78, 5) is 21.9. The van der Waals surface area contributed by atoms with E-state index in [1.54, 1.807) is 20.0 Å². The van der Waals surface area contributed by atoms with Crippen LogP contribution in [0.5, 0.6) is 0 Å². The third-order valence-electron chi connectivity index (χ3n) is 5.15. The molecule has 3 aromatic rings. The lowest BCUT2D eigenvalue weighted by Gasteiger charge is -2.22. The second-order valence-electron chi connectivity index (χ2n) is 6.83. The van der Waals surface area contributed by atoms with E-state index in [4.69, 9.17) is 4.74 Å². The zero-order valence-corrected chi connectivity index (χ0v) is 15.1. The minimum atomic E-state index is -0.719.